The lowest BCUT2D eigenvalue weighted by atomic mass is 9.94. The molecule has 0 bridgehead atoms. The van der Waals surface area contributed by atoms with Gasteiger partial charge in [0.25, 0.3) is 0 Å². The highest BCUT2D eigenvalue weighted by atomic mass is 32.1. The predicted octanol–water partition coefficient (Wildman–Crippen LogP) is 3.82. The normalized spacial score (nSPS) is 24.8. The van der Waals surface area contributed by atoms with Crippen LogP contribution in [-0.4, -0.2) is 30.1 Å². The second-order valence-corrected chi connectivity index (χ2v) is 8.29. The Kier molecular flexibility index (Phi) is 5.27. The van der Waals surface area contributed by atoms with Crippen molar-refractivity contribution < 1.29 is 0 Å². The van der Waals surface area contributed by atoms with Gasteiger partial charge in [0.1, 0.15) is 0 Å². The number of nitrogens with one attached hydrogen (secondary N) is 1. The molecule has 1 aromatic rings. The van der Waals surface area contributed by atoms with Crippen molar-refractivity contribution in [2.24, 2.45) is 11.8 Å². The molecule has 114 valence electrons. The summed E-state index contributed by atoms with van der Waals surface area (Å²) in [7, 11) is 0. The van der Waals surface area contributed by atoms with Crippen LogP contribution < -0.4 is 5.32 Å². The highest BCUT2D eigenvalue weighted by molar-refractivity contribution is 7.12. The second-order valence-electron chi connectivity index (χ2n) is 6.95. The largest absolute Gasteiger partial charge is 0.311 e. The maximum absolute atomic E-state index is 3.74. The number of piperazine rings is 1. The van der Waals surface area contributed by atoms with E-state index in [0.717, 1.165) is 13.1 Å². The van der Waals surface area contributed by atoms with Gasteiger partial charge in [0.2, 0.25) is 0 Å². The zero-order chi connectivity index (χ0) is 14.9. The molecule has 1 aromatic heterocycles. The number of aryl methyl sites for hydroxylation is 2. The van der Waals surface area contributed by atoms with Gasteiger partial charge in [-0.15, -0.1) is 11.3 Å². The van der Waals surface area contributed by atoms with E-state index in [9.17, 15) is 0 Å². The topological polar surface area (TPSA) is 15.3 Å². The number of thiophene rings is 1. The van der Waals surface area contributed by atoms with Crippen molar-refractivity contribution in [2.75, 3.05) is 13.1 Å². The molecule has 0 radical (unpaired) electrons. The van der Waals surface area contributed by atoms with Crippen molar-refractivity contribution in [3.8, 4) is 0 Å². The van der Waals surface area contributed by atoms with E-state index in [2.05, 4.69) is 57.8 Å². The summed E-state index contributed by atoms with van der Waals surface area (Å²) in [6.07, 6.45) is 0. The Hall–Kier alpha value is -0.380. The molecule has 0 aromatic carbocycles. The molecule has 2 unspecified atom stereocenters. The molecule has 0 spiro atoms. The van der Waals surface area contributed by atoms with Gasteiger partial charge < -0.3 is 5.32 Å². The molecule has 1 fully saturated rings. The molecule has 0 amide bonds. The maximum atomic E-state index is 3.74. The lowest BCUT2D eigenvalue weighted by Gasteiger charge is -2.43. The minimum absolute atomic E-state index is 0.632. The molecule has 20 heavy (non-hydrogen) atoms. The van der Waals surface area contributed by atoms with Gasteiger partial charge in [-0.2, -0.15) is 0 Å². The van der Waals surface area contributed by atoms with Gasteiger partial charge in [0.15, 0.2) is 0 Å². The summed E-state index contributed by atoms with van der Waals surface area (Å²) in [4.78, 5) is 5.70. The summed E-state index contributed by atoms with van der Waals surface area (Å²) in [5.74, 6) is 1.41. The standard InChI is InChI=1S/C17H30N2S/c1-11(2)16-10-19(17(8-18-16)12(3)4)9-15-7-13(5)14(6)20-15/h7,11-12,16-18H,8-10H2,1-6H3. The Morgan fingerprint density at radius 3 is 2.45 bits per heavy atom. The molecule has 2 heterocycles. The Morgan fingerprint density at radius 2 is 1.95 bits per heavy atom. The third-order valence-electron chi connectivity index (χ3n) is 4.64. The minimum Gasteiger partial charge on any atom is -0.311 e. The van der Waals surface area contributed by atoms with Crippen LogP contribution in [0.2, 0.25) is 0 Å². The molecule has 2 atom stereocenters. The molecule has 3 heteroatoms. The van der Waals surface area contributed by atoms with E-state index in [1.807, 2.05) is 11.3 Å². The van der Waals surface area contributed by atoms with E-state index in [0.29, 0.717) is 23.9 Å². The van der Waals surface area contributed by atoms with Gasteiger partial charge in [-0.3, -0.25) is 4.90 Å². The van der Waals surface area contributed by atoms with Crippen LogP contribution in [-0.2, 0) is 6.54 Å². The smallest absolute Gasteiger partial charge is 0.0332 e. The van der Waals surface area contributed by atoms with Crippen molar-refractivity contribution >= 4 is 11.3 Å². The fourth-order valence-corrected chi connectivity index (χ4v) is 4.15. The average Bonchev–Trinajstić information content (AvgIpc) is 2.67. The van der Waals surface area contributed by atoms with Crippen LogP contribution in [0.25, 0.3) is 0 Å². The number of nitrogens with zero attached hydrogens (tertiary/aromatic N) is 1. The van der Waals surface area contributed by atoms with Gasteiger partial charge in [-0.1, -0.05) is 27.7 Å². The lowest BCUT2D eigenvalue weighted by molar-refractivity contribution is 0.0793. The van der Waals surface area contributed by atoms with Crippen molar-refractivity contribution in [1.82, 2.24) is 10.2 Å². The first-order valence-electron chi connectivity index (χ1n) is 7.91. The van der Waals surface area contributed by atoms with E-state index in [1.54, 1.807) is 0 Å². The van der Waals surface area contributed by atoms with Crippen LogP contribution >= 0.6 is 11.3 Å². The molecular formula is C17H30N2S. The van der Waals surface area contributed by atoms with Gasteiger partial charge in [-0.25, -0.2) is 0 Å². The Morgan fingerprint density at radius 1 is 1.25 bits per heavy atom. The first kappa shape index (κ1) is 16.0. The van der Waals surface area contributed by atoms with Crippen LogP contribution in [0.15, 0.2) is 6.07 Å². The van der Waals surface area contributed by atoms with E-state index in [1.165, 1.54) is 21.9 Å². The first-order chi connectivity index (χ1) is 9.38. The zero-order valence-electron chi connectivity index (χ0n) is 13.9. The fraction of sp³-hybridized carbons (Fsp3) is 0.765. The molecule has 1 aliphatic rings. The van der Waals surface area contributed by atoms with E-state index in [4.69, 9.17) is 0 Å². The van der Waals surface area contributed by atoms with Gasteiger partial charge in [0.05, 0.1) is 0 Å². The summed E-state index contributed by atoms with van der Waals surface area (Å²) >= 11 is 1.97. The summed E-state index contributed by atoms with van der Waals surface area (Å²) < 4.78 is 0. The molecule has 1 saturated heterocycles. The number of rotatable bonds is 4. The van der Waals surface area contributed by atoms with E-state index in [-0.39, 0.29) is 0 Å². The molecule has 2 nitrogen and oxygen atoms in total. The lowest BCUT2D eigenvalue weighted by Crippen LogP contribution is -2.59. The van der Waals surface area contributed by atoms with Crippen molar-refractivity contribution in [1.29, 1.82) is 0 Å². The van der Waals surface area contributed by atoms with Gasteiger partial charge in [-0.05, 0) is 37.3 Å². The van der Waals surface area contributed by atoms with Crippen LogP contribution in [0.4, 0.5) is 0 Å². The first-order valence-corrected chi connectivity index (χ1v) is 8.73. The van der Waals surface area contributed by atoms with E-state index >= 15 is 0 Å². The minimum atomic E-state index is 0.632. The van der Waals surface area contributed by atoms with Crippen LogP contribution in [0.5, 0.6) is 0 Å². The van der Waals surface area contributed by atoms with Crippen LogP contribution in [0, 0.1) is 25.7 Å². The molecular weight excluding hydrogens is 264 g/mol. The third kappa shape index (κ3) is 3.63. The monoisotopic (exact) mass is 294 g/mol. The van der Waals surface area contributed by atoms with Crippen molar-refractivity contribution in [3.05, 3.63) is 21.4 Å². The predicted molar refractivity (Wildman–Crippen MR) is 89.5 cm³/mol. The Balaban J connectivity index is 2.10. The molecule has 0 saturated carbocycles. The van der Waals surface area contributed by atoms with Gasteiger partial charge in [0, 0.05) is 41.5 Å². The zero-order valence-corrected chi connectivity index (χ0v) is 14.7. The molecule has 1 N–H and O–H groups in total. The molecule has 0 aliphatic carbocycles. The average molecular weight is 295 g/mol. The highest BCUT2D eigenvalue weighted by Crippen LogP contribution is 2.26. The SMILES string of the molecule is Cc1cc(CN2CC(C(C)C)NCC2C(C)C)sc1C. The fourth-order valence-electron chi connectivity index (χ4n) is 3.07. The maximum Gasteiger partial charge on any atom is 0.0332 e. The second kappa shape index (κ2) is 6.59. The van der Waals surface area contributed by atoms with Crippen molar-refractivity contribution in [3.63, 3.8) is 0 Å². The molecule has 1 aliphatic heterocycles. The van der Waals surface area contributed by atoms with Gasteiger partial charge >= 0.3 is 0 Å². The Bertz CT molecular complexity index is 417. The number of hydrogen-bond acceptors (Lipinski definition) is 3. The molecule has 2 rings (SSSR count). The summed E-state index contributed by atoms with van der Waals surface area (Å²) in [5.41, 5.74) is 1.45. The third-order valence-corrected chi connectivity index (χ3v) is 5.78. The summed E-state index contributed by atoms with van der Waals surface area (Å²) in [6, 6.07) is 3.67. The summed E-state index contributed by atoms with van der Waals surface area (Å²) in [5, 5.41) is 3.74. The van der Waals surface area contributed by atoms with E-state index < -0.39 is 0 Å². The number of hydrogen-bond donors (Lipinski definition) is 1. The van der Waals surface area contributed by atoms with Crippen molar-refractivity contribution in [2.45, 2.75) is 60.2 Å². The van der Waals surface area contributed by atoms with Crippen LogP contribution in [0.3, 0.4) is 0 Å². The Labute approximate surface area is 128 Å². The highest BCUT2D eigenvalue weighted by Gasteiger charge is 2.31. The van der Waals surface area contributed by atoms with Crippen LogP contribution in [0.1, 0.15) is 43.0 Å². The quantitative estimate of drug-likeness (QED) is 0.908. The summed E-state index contributed by atoms with van der Waals surface area (Å²) in [6.45, 7) is 17.2.